The second-order valence-corrected chi connectivity index (χ2v) is 16.5. The highest BCUT2D eigenvalue weighted by Gasteiger charge is 2.17. The van der Waals surface area contributed by atoms with Crippen LogP contribution >= 0.6 is 0 Å². The average Bonchev–Trinajstić information content (AvgIpc) is 3.86. The van der Waals surface area contributed by atoms with Gasteiger partial charge in [-0.15, -0.1) is 0 Å². The van der Waals surface area contributed by atoms with E-state index in [4.69, 9.17) is 0 Å². The SMILES string of the molecule is c1ccc(-n2c3ccccc3c3cc(-c4ccc(-c5ccc6c(c5)c5cc(-c7ccc8c9ccccc9c9ccccc9c8c7)ccc5n6-c5ccccc5)cc4)ccc32)cc1. The third kappa shape index (κ3) is 5.30. The molecule has 0 radical (unpaired) electrons. The van der Waals surface area contributed by atoms with Crippen LogP contribution in [0, 0.1) is 0 Å². The number of hydrogen-bond donors (Lipinski definition) is 0. The molecule has 288 valence electrons. The third-order valence-corrected chi connectivity index (χ3v) is 13.1. The molecule has 0 fully saturated rings. The summed E-state index contributed by atoms with van der Waals surface area (Å²) in [4.78, 5) is 0. The maximum Gasteiger partial charge on any atom is 0.0541 e. The fourth-order valence-electron chi connectivity index (χ4n) is 10.2. The zero-order valence-electron chi connectivity index (χ0n) is 33.8. The molecule has 2 aromatic heterocycles. The van der Waals surface area contributed by atoms with Crippen LogP contribution in [0.15, 0.2) is 231 Å². The number of aromatic nitrogens is 2. The molecule has 13 aromatic rings. The largest absolute Gasteiger partial charge is 0.309 e. The van der Waals surface area contributed by atoms with E-state index in [1.807, 2.05) is 0 Å². The molecule has 0 aliphatic carbocycles. The number of hydrogen-bond acceptors (Lipinski definition) is 0. The fourth-order valence-corrected chi connectivity index (χ4v) is 10.2. The highest BCUT2D eigenvalue weighted by molar-refractivity contribution is 6.26. The molecule has 0 unspecified atom stereocenters. The van der Waals surface area contributed by atoms with Gasteiger partial charge in [-0.2, -0.15) is 0 Å². The fraction of sp³-hybridized carbons (Fsp3) is 0. The van der Waals surface area contributed by atoms with Crippen molar-refractivity contribution >= 4 is 75.9 Å². The highest BCUT2D eigenvalue weighted by Crippen LogP contribution is 2.41. The van der Waals surface area contributed by atoms with Gasteiger partial charge in [-0.3, -0.25) is 0 Å². The van der Waals surface area contributed by atoms with E-state index in [-0.39, 0.29) is 0 Å². The Morgan fingerprint density at radius 3 is 0.935 bits per heavy atom. The van der Waals surface area contributed by atoms with Crippen molar-refractivity contribution in [2.45, 2.75) is 0 Å². The first-order chi connectivity index (χ1) is 30.7. The normalized spacial score (nSPS) is 11.9. The van der Waals surface area contributed by atoms with Crippen molar-refractivity contribution in [3.8, 4) is 44.8 Å². The summed E-state index contributed by atoms with van der Waals surface area (Å²) in [7, 11) is 0. The molecule has 0 amide bonds. The van der Waals surface area contributed by atoms with Crippen LogP contribution in [0.2, 0.25) is 0 Å². The molecule has 11 aromatic carbocycles. The first-order valence-electron chi connectivity index (χ1n) is 21.4. The Morgan fingerprint density at radius 1 is 0.177 bits per heavy atom. The molecule has 2 heteroatoms. The highest BCUT2D eigenvalue weighted by atomic mass is 15.0. The van der Waals surface area contributed by atoms with Crippen molar-refractivity contribution < 1.29 is 0 Å². The molecule has 0 atom stereocenters. The standard InChI is InChI=1S/C60H38N2/c1-3-13-45(14-4-1)61-57-22-12-11-21-52(57)54-36-41(28-32-58(54)61)39-23-25-40(26-24-39)42-29-33-59-55(37-42)56-38-44(30-34-60(56)62(59)46-15-5-2-6-16-46)43-27-31-51-49-19-8-7-17-47(49)48-18-9-10-20-50(48)53(51)35-43/h1-38H. The lowest BCUT2D eigenvalue weighted by molar-refractivity contribution is 1.18. The molecular weight excluding hydrogens is 749 g/mol. The van der Waals surface area contributed by atoms with E-state index in [1.165, 1.54) is 115 Å². The maximum absolute atomic E-state index is 2.41. The van der Waals surface area contributed by atoms with Crippen LogP contribution in [0.1, 0.15) is 0 Å². The van der Waals surface area contributed by atoms with Gasteiger partial charge in [0.2, 0.25) is 0 Å². The number of para-hydroxylation sites is 3. The Hall–Kier alpha value is -8.20. The summed E-state index contributed by atoms with van der Waals surface area (Å²) in [6, 6.07) is 84.7. The zero-order chi connectivity index (χ0) is 40.7. The summed E-state index contributed by atoms with van der Waals surface area (Å²) in [5.74, 6) is 0. The van der Waals surface area contributed by atoms with Gasteiger partial charge in [-0.25, -0.2) is 0 Å². The van der Waals surface area contributed by atoms with Crippen LogP contribution in [0.4, 0.5) is 0 Å². The van der Waals surface area contributed by atoms with Gasteiger partial charge in [0.05, 0.1) is 22.1 Å². The number of fused-ring (bicyclic) bond motifs is 12. The minimum atomic E-state index is 1.16. The predicted molar refractivity (Wildman–Crippen MR) is 264 cm³/mol. The predicted octanol–water partition coefficient (Wildman–Crippen LogP) is 16.3. The van der Waals surface area contributed by atoms with Crippen molar-refractivity contribution in [3.63, 3.8) is 0 Å². The lowest BCUT2D eigenvalue weighted by atomic mass is 9.92. The second kappa shape index (κ2) is 13.7. The van der Waals surface area contributed by atoms with Gasteiger partial charge >= 0.3 is 0 Å². The summed E-state index contributed by atoms with van der Waals surface area (Å²) in [6.45, 7) is 0. The lowest BCUT2D eigenvalue weighted by Crippen LogP contribution is -1.93. The Balaban J connectivity index is 0.927. The molecule has 2 heterocycles. The van der Waals surface area contributed by atoms with Gasteiger partial charge in [0.1, 0.15) is 0 Å². The summed E-state index contributed by atoms with van der Waals surface area (Å²) in [6.07, 6.45) is 0. The molecule has 62 heavy (non-hydrogen) atoms. The molecule has 2 nitrogen and oxygen atoms in total. The molecule has 0 aliphatic rings. The number of benzene rings is 11. The first kappa shape index (κ1) is 34.6. The van der Waals surface area contributed by atoms with E-state index < -0.39 is 0 Å². The van der Waals surface area contributed by atoms with Crippen LogP contribution < -0.4 is 0 Å². The van der Waals surface area contributed by atoms with Gasteiger partial charge in [0.15, 0.2) is 0 Å². The number of nitrogens with zero attached hydrogens (tertiary/aromatic N) is 2. The maximum atomic E-state index is 2.41. The van der Waals surface area contributed by atoms with Gasteiger partial charge in [0.25, 0.3) is 0 Å². The molecule has 0 bridgehead atoms. The quantitative estimate of drug-likeness (QED) is 0.154. The van der Waals surface area contributed by atoms with Crippen LogP contribution in [0.3, 0.4) is 0 Å². The Bertz CT molecular complexity index is 3850. The molecule has 13 rings (SSSR count). The molecule has 0 aliphatic heterocycles. The monoisotopic (exact) mass is 786 g/mol. The summed E-state index contributed by atoms with van der Waals surface area (Å²) >= 11 is 0. The van der Waals surface area contributed by atoms with Crippen LogP contribution in [-0.4, -0.2) is 9.13 Å². The zero-order valence-corrected chi connectivity index (χ0v) is 33.8. The lowest BCUT2D eigenvalue weighted by Gasteiger charge is -2.12. The summed E-state index contributed by atoms with van der Waals surface area (Å²) in [5, 5.41) is 12.8. The third-order valence-electron chi connectivity index (χ3n) is 13.1. The van der Waals surface area contributed by atoms with Gasteiger partial charge in [0, 0.05) is 32.9 Å². The van der Waals surface area contributed by atoms with E-state index >= 15 is 0 Å². The average molecular weight is 787 g/mol. The Morgan fingerprint density at radius 2 is 0.468 bits per heavy atom. The van der Waals surface area contributed by atoms with Crippen LogP contribution in [0.25, 0.3) is 121 Å². The van der Waals surface area contributed by atoms with E-state index in [0.29, 0.717) is 0 Å². The minimum absolute atomic E-state index is 1.16. The number of rotatable bonds is 5. The molecule has 0 saturated carbocycles. The van der Waals surface area contributed by atoms with Crippen molar-refractivity contribution in [2.24, 2.45) is 0 Å². The smallest absolute Gasteiger partial charge is 0.0541 e. The topological polar surface area (TPSA) is 9.86 Å². The molecule has 0 N–H and O–H groups in total. The van der Waals surface area contributed by atoms with Crippen molar-refractivity contribution in [3.05, 3.63) is 231 Å². The molecule has 0 saturated heterocycles. The van der Waals surface area contributed by atoms with Gasteiger partial charge in [-0.05, 0) is 138 Å². The van der Waals surface area contributed by atoms with Crippen molar-refractivity contribution in [1.82, 2.24) is 9.13 Å². The van der Waals surface area contributed by atoms with Gasteiger partial charge < -0.3 is 9.13 Å². The van der Waals surface area contributed by atoms with Crippen molar-refractivity contribution in [2.75, 3.05) is 0 Å². The minimum Gasteiger partial charge on any atom is -0.309 e. The van der Waals surface area contributed by atoms with Crippen LogP contribution in [-0.2, 0) is 0 Å². The first-order valence-corrected chi connectivity index (χ1v) is 21.4. The Kier molecular flexibility index (Phi) is 7.64. The molecule has 0 spiro atoms. The second-order valence-electron chi connectivity index (χ2n) is 16.5. The Labute approximate surface area is 358 Å². The van der Waals surface area contributed by atoms with E-state index in [0.717, 1.165) is 5.69 Å². The van der Waals surface area contributed by atoms with Crippen LogP contribution in [0.5, 0.6) is 0 Å². The van der Waals surface area contributed by atoms with Gasteiger partial charge in [-0.1, -0.05) is 158 Å². The van der Waals surface area contributed by atoms with E-state index in [1.54, 1.807) is 0 Å². The van der Waals surface area contributed by atoms with Crippen molar-refractivity contribution in [1.29, 1.82) is 0 Å². The van der Waals surface area contributed by atoms with E-state index in [2.05, 4.69) is 240 Å². The summed E-state index contributed by atoms with van der Waals surface area (Å²) in [5.41, 5.74) is 14.4. The van der Waals surface area contributed by atoms with E-state index in [9.17, 15) is 0 Å². The summed E-state index contributed by atoms with van der Waals surface area (Å²) < 4.78 is 4.78. The molecular formula is C60H38N2.